The first-order valence-corrected chi connectivity index (χ1v) is 11.9. The molecule has 0 radical (unpaired) electrons. The van der Waals surface area contributed by atoms with Crippen LogP contribution < -0.4 is 0 Å². The molecule has 0 N–H and O–H groups in total. The molecule has 1 fully saturated rings. The van der Waals surface area contributed by atoms with Crippen LogP contribution in [0.4, 0.5) is 0 Å². The van der Waals surface area contributed by atoms with Crippen molar-refractivity contribution in [1.82, 2.24) is 14.1 Å². The molecule has 0 bridgehead atoms. The van der Waals surface area contributed by atoms with E-state index >= 15 is 0 Å². The molecule has 0 saturated carbocycles. The van der Waals surface area contributed by atoms with Crippen molar-refractivity contribution in [3.63, 3.8) is 0 Å². The number of nitrogens with zero attached hydrogens (tertiary/aromatic N) is 4. The van der Waals surface area contributed by atoms with Crippen LogP contribution in [0.25, 0.3) is 0 Å². The predicted octanol–water partition coefficient (Wildman–Crippen LogP) is 2.55. The smallest absolute Gasteiger partial charge is 0.253 e. The van der Waals surface area contributed by atoms with E-state index < -0.39 is 10.0 Å². The number of hydrogen-bond donors (Lipinski definition) is 0. The van der Waals surface area contributed by atoms with Crippen molar-refractivity contribution in [2.45, 2.75) is 25.3 Å². The fraction of sp³-hybridized carbons (Fsp3) is 0.391. The third-order valence-corrected chi connectivity index (χ3v) is 7.66. The molecule has 0 spiro atoms. The molecule has 1 aliphatic rings. The molecule has 1 heterocycles. The van der Waals surface area contributed by atoms with E-state index in [1.807, 2.05) is 29.2 Å². The Bertz CT molecular complexity index is 1030. The van der Waals surface area contributed by atoms with Crippen molar-refractivity contribution in [2.75, 3.05) is 39.3 Å². The summed E-state index contributed by atoms with van der Waals surface area (Å²) in [5.41, 5.74) is 2.29. The molecule has 2 aromatic rings. The Balaban J connectivity index is 1.58. The van der Waals surface area contributed by atoms with Gasteiger partial charge in [-0.1, -0.05) is 26.0 Å². The number of carbonyl (C=O) groups is 1. The van der Waals surface area contributed by atoms with E-state index in [2.05, 4.69) is 11.0 Å². The normalized spacial score (nSPS) is 15.1. The number of sulfonamides is 1. The summed E-state index contributed by atoms with van der Waals surface area (Å²) in [6.45, 7) is 7.98. The maximum Gasteiger partial charge on any atom is 0.253 e. The summed E-state index contributed by atoms with van der Waals surface area (Å²) >= 11 is 0. The maximum atomic E-state index is 12.9. The lowest BCUT2D eigenvalue weighted by atomic mass is 10.1. The van der Waals surface area contributed by atoms with Crippen molar-refractivity contribution in [1.29, 1.82) is 5.26 Å². The lowest BCUT2D eigenvalue weighted by molar-refractivity contribution is 0.0628. The highest BCUT2D eigenvalue weighted by atomic mass is 32.2. The van der Waals surface area contributed by atoms with E-state index in [4.69, 9.17) is 5.26 Å². The molecular formula is C23H28N4O3S. The molecule has 1 aliphatic heterocycles. The molecule has 0 aliphatic carbocycles. The van der Waals surface area contributed by atoms with Gasteiger partial charge in [-0.2, -0.15) is 9.57 Å². The quantitative estimate of drug-likeness (QED) is 0.661. The van der Waals surface area contributed by atoms with Gasteiger partial charge < -0.3 is 4.90 Å². The molecule has 164 valence electrons. The number of amides is 1. The average molecular weight is 441 g/mol. The minimum Gasteiger partial charge on any atom is -0.336 e. The Labute approximate surface area is 184 Å². The highest BCUT2D eigenvalue weighted by Gasteiger charge is 2.24. The molecule has 7 nitrogen and oxygen atoms in total. The van der Waals surface area contributed by atoms with Gasteiger partial charge in [0.05, 0.1) is 16.5 Å². The fourth-order valence-corrected chi connectivity index (χ4v) is 5.17. The van der Waals surface area contributed by atoms with E-state index in [0.29, 0.717) is 37.3 Å². The molecule has 1 amide bonds. The van der Waals surface area contributed by atoms with Crippen LogP contribution in [0.15, 0.2) is 53.4 Å². The molecular weight excluding hydrogens is 412 g/mol. The Kier molecular flexibility index (Phi) is 7.44. The van der Waals surface area contributed by atoms with Gasteiger partial charge >= 0.3 is 0 Å². The lowest BCUT2D eigenvalue weighted by Crippen LogP contribution is -2.48. The zero-order valence-electron chi connectivity index (χ0n) is 18.0. The van der Waals surface area contributed by atoms with Crippen LogP contribution in [0.3, 0.4) is 0 Å². The van der Waals surface area contributed by atoms with Crippen molar-refractivity contribution >= 4 is 15.9 Å². The number of hydrogen-bond acceptors (Lipinski definition) is 5. The largest absolute Gasteiger partial charge is 0.336 e. The minimum atomic E-state index is -3.53. The maximum absolute atomic E-state index is 12.9. The zero-order chi connectivity index (χ0) is 22.4. The van der Waals surface area contributed by atoms with Crippen LogP contribution in [-0.2, 0) is 16.6 Å². The van der Waals surface area contributed by atoms with Crippen molar-refractivity contribution in [3.8, 4) is 6.07 Å². The molecule has 1 saturated heterocycles. The fourth-order valence-electron chi connectivity index (χ4n) is 3.72. The predicted molar refractivity (Wildman–Crippen MR) is 119 cm³/mol. The topological polar surface area (TPSA) is 84.7 Å². The minimum absolute atomic E-state index is 0.0789. The summed E-state index contributed by atoms with van der Waals surface area (Å²) in [5, 5.41) is 8.90. The number of rotatable bonds is 7. The number of carbonyl (C=O) groups excluding carboxylic acids is 1. The second kappa shape index (κ2) is 10.1. The van der Waals surface area contributed by atoms with Gasteiger partial charge in [0.1, 0.15) is 0 Å². The molecule has 0 atom stereocenters. The van der Waals surface area contributed by atoms with E-state index in [0.717, 1.165) is 25.2 Å². The standard InChI is InChI=1S/C23H28N4O3S/c1-3-27(4-2)31(29,30)22-11-9-21(10-12-22)23(28)26-15-13-25(14-16-26)18-20-7-5-19(17-24)6-8-20/h5-12H,3-4,13-16,18H2,1-2H3. The highest BCUT2D eigenvalue weighted by Crippen LogP contribution is 2.18. The second-order valence-electron chi connectivity index (χ2n) is 7.49. The zero-order valence-corrected chi connectivity index (χ0v) is 18.8. The average Bonchev–Trinajstić information content (AvgIpc) is 2.80. The third kappa shape index (κ3) is 5.31. The molecule has 0 unspecified atom stereocenters. The Hall–Kier alpha value is -2.73. The summed E-state index contributed by atoms with van der Waals surface area (Å²) in [6.07, 6.45) is 0. The van der Waals surface area contributed by atoms with Crippen molar-refractivity contribution < 1.29 is 13.2 Å². The van der Waals surface area contributed by atoms with Crippen LogP contribution in [0.5, 0.6) is 0 Å². The van der Waals surface area contributed by atoms with Crippen LogP contribution in [-0.4, -0.2) is 67.7 Å². The first-order valence-electron chi connectivity index (χ1n) is 10.5. The first-order chi connectivity index (χ1) is 14.9. The molecule has 3 rings (SSSR count). The van der Waals surface area contributed by atoms with Gasteiger partial charge in [0.15, 0.2) is 0 Å². The van der Waals surface area contributed by atoms with E-state index in [1.54, 1.807) is 26.0 Å². The molecule has 0 aromatic heterocycles. The van der Waals surface area contributed by atoms with Crippen LogP contribution in [0, 0.1) is 11.3 Å². The van der Waals surface area contributed by atoms with Gasteiger partial charge in [0.25, 0.3) is 5.91 Å². The van der Waals surface area contributed by atoms with E-state index in [9.17, 15) is 13.2 Å². The summed E-state index contributed by atoms with van der Waals surface area (Å²) < 4.78 is 26.6. The van der Waals surface area contributed by atoms with Gasteiger partial charge in [-0.15, -0.1) is 0 Å². The summed E-state index contributed by atoms with van der Waals surface area (Å²) in [5.74, 6) is -0.0789. The molecule has 31 heavy (non-hydrogen) atoms. The van der Waals surface area contributed by atoms with Gasteiger partial charge in [-0.05, 0) is 42.0 Å². The number of nitriles is 1. The van der Waals surface area contributed by atoms with Crippen LogP contribution in [0.1, 0.15) is 35.3 Å². The number of benzene rings is 2. The Morgan fingerprint density at radius 2 is 1.55 bits per heavy atom. The molecule has 8 heteroatoms. The van der Waals surface area contributed by atoms with Gasteiger partial charge in [-0.3, -0.25) is 9.69 Å². The first kappa shape index (κ1) is 22.9. The SMILES string of the molecule is CCN(CC)S(=O)(=O)c1ccc(C(=O)N2CCN(Cc3ccc(C#N)cc3)CC2)cc1. The second-order valence-corrected chi connectivity index (χ2v) is 9.43. The van der Waals surface area contributed by atoms with Gasteiger partial charge in [-0.25, -0.2) is 8.42 Å². The molecule has 2 aromatic carbocycles. The Morgan fingerprint density at radius 1 is 0.968 bits per heavy atom. The Morgan fingerprint density at radius 3 is 2.06 bits per heavy atom. The monoisotopic (exact) mass is 440 g/mol. The highest BCUT2D eigenvalue weighted by molar-refractivity contribution is 7.89. The van der Waals surface area contributed by atoms with Crippen molar-refractivity contribution in [3.05, 3.63) is 65.2 Å². The summed E-state index contributed by atoms with van der Waals surface area (Å²) in [7, 11) is -3.53. The van der Waals surface area contributed by atoms with Gasteiger partial charge in [0.2, 0.25) is 10.0 Å². The van der Waals surface area contributed by atoms with E-state index in [1.165, 1.54) is 16.4 Å². The third-order valence-electron chi connectivity index (χ3n) is 5.59. The summed E-state index contributed by atoms with van der Waals surface area (Å²) in [6, 6.07) is 15.9. The van der Waals surface area contributed by atoms with Crippen molar-refractivity contribution in [2.24, 2.45) is 0 Å². The number of piperazine rings is 1. The van der Waals surface area contributed by atoms with Crippen LogP contribution >= 0.6 is 0 Å². The van der Waals surface area contributed by atoms with Gasteiger partial charge in [0, 0.05) is 51.4 Å². The van der Waals surface area contributed by atoms with E-state index in [-0.39, 0.29) is 10.8 Å². The lowest BCUT2D eigenvalue weighted by Gasteiger charge is -2.34. The van der Waals surface area contributed by atoms with Crippen LogP contribution in [0.2, 0.25) is 0 Å². The summed E-state index contributed by atoms with van der Waals surface area (Å²) in [4.78, 5) is 17.2.